The fourth-order valence-corrected chi connectivity index (χ4v) is 4.34. The summed E-state index contributed by atoms with van der Waals surface area (Å²) in [6.07, 6.45) is 0. The van der Waals surface area contributed by atoms with E-state index in [1.807, 2.05) is 11.3 Å². The van der Waals surface area contributed by atoms with Crippen LogP contribution in [-0.2, 0) is 0 Å². The Morgan fingerprint density at radius 1 is 0.583 bits per heavy atom. The van der Waals surface area contributed by atoms with E-state index in [0.717, 1.165) is 0 Å². The Balaban J connectivity index is 2.03. The van der Waals surface area contributed by atoms with Crippen LogP contribution in [0.15, 0.2) is 66.7 Å². The normalized spacial score (nSPS) is 11.1. The lowest BCUT2D eigenvalue weighted by Crippen LogP contribution is -1.82. The number of aryl methyl sites for hydroxylation is 3. The Morgan fingerprint density at radius 2 is 1.12 bits per heavy atom. The van der Waals surface area contributed by atoms with Crippen molar-refractivity contribution in [3.05, 3.63) is 83.4 Å². The lowest BCUT2D eigenvalue weighted by molar-refractivity contribution is 1.47. The van der Waals surface area contributed by atoms with E-state index >= 15 is 0 Å². The maximum atomic E-state index is 2.32. The van der Waals surface area contributed by atoms with Gasteiger partial charge in [-0.3, -0.25) is 0 Å². The molecule has 0 bridgehead atoms. The summed E-state index contributed by atoms with van der Waals surface area (Å²) in [6.45, 7) is 6.45. The van der Waals surface area contributed by atoms with Gasteiger partial charge in [-0.05, 0) is 44.0 Å². The first-order valence-corrected chi connectivity index (χ1v) is 9.11. The van der Waals surface area contributed by atoms with Crippen LogP contribution in [0.2, 0.25) is 0 Å². The molecule has 24 heavy (non-hydrogen) atoms. The van der Waals surface area contributed by atoms with Crippen molar-refractivity contribution >= 4 is 21.4 Å². The van der Waals surface area contributed by atoms with Crippen molar-refractivity contribution in [3.63, 3.8) is 0 Å². The average molecular weight is 328 g/mol. The first kappa shape index (κ1) is 15.2. The molecule has 0 aliphatic carbocycles. The number of hydrogen-bond acceptors (Lipinski definition) is 1. The molecule has 0 spiro atoms. The van der Waals surface area contributed by atoms with Crippen molar-refractivity contribution in [1.82, 2.24) is 0 Å². The number of rotatable bonds is 2. The van der Waals surface area contributed by atoms with E-state index in [4.69, 9.17) is 0 Å². The van der Waals surface area contributed by atoms with E-state index in [-0.39, 0.29) is 0 Å². The third-order valence-corrected chi connectivity index (χ3v) is 5.72. The van der Waals surface area contributed by atoms with Crippen LogP contribution in [0.3, 0.4) is 0 Å². The molecule has 1 heterocycles. The van der Waals surface area contributed by atoms with Gasteiger partial charge in [0.05, 0.1) is 0 Å². The van der Waals surface area contributed by atoms with Crippen molar-refractivity contribution in [1.29, 1.82) is 0 Å². The SMILES string of the molecule is Cc1ccc(-c2sc3ccc(C)cc3c2-c2ccc(C)cc2)cc1. The summed E-state index contributed by atoms with van der Waals surface area (Å²) in [5.74, 6) is 0. The lowest BCUT2D eigenvalue weighted by atomic mass is 9.97. The molecular formula is C23H20S. The molecule has 0 aliphatic rings. The minimum absolute atomic E-state index is 1.30. The second-order valence-corrected chi connectivity index (χ2v) is 7.59. The molecule has 0 fully saturated rings. The third-order valence-electron chi connectivity index (χ3n) is 4.50. The smallest absolute Gasteiger partial charge is 0.0433 e. The van der Waals surface area contributed by atoms with E-state index in [1.54, 1.807) is 0 Å². The van der Waals surface area contributed by atoms with Crippen LogP contribution in [-0.4, -0.2) is 0 Å². The Kier molecular flexibility index (Phi) is 3.74. The van der Waals surface area contributed by atoms with Gasteiger partial charge in [-0.15, -0.1) is 11.3 Å². The van der Waals surface area contributed by atoms with E-state index in [9.17, 15) is 0 Å². The Labute approximate surface area is 147 Å². The van der Waals surface area contributed by atoms with Crippen molar-refractivity contribution in [2.45, 2.75) is 20.8 Å². The number of hydrogen-bond donors (Lipinski definition) is 0. The van der Waals surface area contributed by atoms with Crippen LogP contribution in [0, 0.1) is 20.8 Å². The molecule has 0 nitrogen and oxygen atoms in total. The van der Waals surface area contributed by atoms with Gasteiger partial charge in [-0.25, -0.2) is 0 Å². The van der Waals surface area contributed by atoms with Crippen LogP contribution < -0.4 is 0 Å². The number of benzene rings is 3. The van der Waals surface area contributed by atoms with Gasteiger partial charge in [0.1, 0.15) is 0 Å². The molecule has 3 aromatic carbocycles. The van der Waals surface area contributed by atoms with Gasteiger partial charge in [0.15, 0.2) is 0 Å². The monoisotopic (exact) mass is 328 g/mol. The maximum Gasteiger partial charge on any atom is 0.0433 e. The summed E-state index contributed by atoms with van der Waals surface area (Å²) in [7, 11) is 0. The molecule has 118 valence electrons. The fraction of sp³-hybridized carbons (Fsp3) is 0.130. The van der Waals surface area contributed by atoms with Crippen molar-refractivity contribution in [2.24, 2.45) is 0 Å². The van der Waals surface area contributed by atoms with E-state index < -0.39 is 0 Å². The van der Waals surface area contributed by atoms with Gasteiger partial charge in [0, 0.05) is 20.5 Å². The molecule has 0 unspecified atom stereocenters. The highest BCUT2D eigenvalue weighted by Crippen LogP contribution is 2.45. The predicted molar refractivity (Wildman–Crippen MR) is 107 cm³/mol. The summed E-state index contributed by atoms with van der Waals surface area (Å²) in [5, 5.41) is 1.36. The van der Waals surface area contributed by atoms with Gasteiger partial charge >= 0.3 is 0 Å². The van der Waals surface area contributed by atoms with Crippen molar-refractivity contribution in [3.8, 4) is 21.6 Å². The highest BCUT2D eigenvalue weighted by atomic mass is 32.1. The summed E-state index contributed by atoms with van der Waals surface area (Å²) < 4.78 is 1.35. The van der Waals surface area contributed by atoms with E-state index in [2.05, 4.69) is 87.5 Å². The molecule has 1 heteroatoms. The molecule has 0 saturated heterocycles. The fourth-order valence-electron chi connectivity index (χ4n) is 3.13. The molecule has 0 amide bonds. The zero-order valence-electron chi connectivity index (χ0n) is 14.3. The molecular weight excluding hydrogens is 308 g/mol. The van der Waals surface area contributed by atoms with Crippen LogP contribution in [0.1, 0.15) is 16.7 Å². The second-order valence-electron chi connectivity index (χ2n) is 6.54. The van der Waals surface area contributed by atoms with Crippen LogP contribution >= 0.6 is 11.3 Å². The molecule has 0 radical (unpaired) electrons. The minimum Gasteiger partial charge on any atom is -0.135 e. The molecule has 0 N–H and O–H groups in total. The van der Waals surface area contributed by atoms with Crippen molar-refractivity contribution in [2.75, 3.05) is 0 Å². The van der Waals surface area contributed by atoms with Crippen LogP contribution in [0.4, 0.5) is 0 Å². The zero-order chi connectivity index (χ0) is 16.7. The maximum absolute atomic E-state index is 2.32. The van der Waals surface area contributed by atoms with Gasteiger partial charge in [0.2, 0.25) is 0 Å². The Morgan fingerprint density at radius 3 is 1.75 bits per heavy atom. The summed E-state index contributed by atoms with van der Waals surface area (Å²) in [5.41, 5.74) is 7.87. The second kappa shape index (κ2) is 5.92. The summed E-state index contributed by atoms with van der Waals surface area (Å²) in [6, 6.07) is 24.6. The minimum atomic E-state index is 1.30. The molecule has 4 rings (SSSR count). The zero-order valence-corrected chi connectivity index (χ0v) is 15.1. The molecule has 0 aliphatic heterocycles. The Bertz CT molecular complexity index is 1000. The average Bonchev–Trinajstić information content (AvgIpc) is 2.95. The van der Waals surface area contributed by atoms with Gasteiger partial charge in [-0.1, -0.05) is 71.3 Å². The molecule has 0 atom stereocenters. The van der Waals surface area contributed by atoms with Crippen molar-refractivity contribution < 1.29 is 0 Å². The van der Waals surface area contributed by atoms with Gasteiger partial charge < -0.3 is 0 Å². The van der Waals surface area contributed by atoms with Gasteiger partial charge in [-0.2, -0.15) is 0 Å². The lowest BCUT2D eigenvalue weighted by Gasteiger charge is -2.07. The quantitative estimate of drug-likeness (QED) is 0.366. The highest BCUT2D eigenvalue weighted by Gasteiger charge is 2.15. The highest BCUT2D eigenvalue weighted by molar-refractivity contribution is 7.23. The Hall–Kier alpha value is -2.38. The number of thiophene rings is 1. The first-order chi connectivity index (χ1) is 11.6. The molecule has 4 aromatic rings. The standard InChI is InChI=1S/C23H20S/c1-15-4-9-18(10-5-15)22-20-14-17(3)8-13-21(20)24-23(22)19-11-6-16(2)7-12-19/h4-14H,1-3H3. The van der Waals surface area contributed by atoms with Crippen LogP contribution in [0.5, 0.6) is 0 Å². The topological polar surface area (TPSA) is 0 Å². The predicted octanol–water partition coefficient (Wildman–Crippen LogP) is 7.16. The molecule has 1 aromatic heterocycles. The third kappa shape index (κ3) is 2.65. The van der Waals surface area contributed by atoms with Gasteiger partial charge in [0.25, 0.3) is 0 Å². The largest absolute Gasteiger partial charge is 0.135 e. The summed E-state index contributed by atoms with van der Waals surface area (Å²) in [4.78, 5) is 1.36. The number of fused-ring (bicyclic) bond motifs is 1. The summed E-state index contributed by atoms with van der Waals surface area (Å²) >= 11 is 1.89. The van der Waals surface area contributed by atoms with E-state index in [0.29, 0.717) is 0 Å². The first-order valence-electron chi connectivity index (χ1n) is 8.29. The van der Waals surface area contributed by atoms with Crippen LogP contribution in [0.25, 0.3) is 31.7 Å². The molecule has 0 saturated carbocycles. The van der Waals surface area contributed by atoms with E-state index in [1.165, 1.54) is 48.3 Å².